The highest BCUT2D eigenvalue weighted by Gasteiger charge is 2.35. The summed E-state index contributed by atoms with van der Waals surface area (Å²) in [6, 6.07) is 10.7. The van der Waals surface area contributed by atoms with Crippen LogP contribution in [0.4, 0.5) is 13.2 Å². The fourth-order valence-electron chi connectivity index (χ4n) is 3.19. The van der Waals surface area contributed by atoms with Gasteiger partial charge in [0.2, 0.25) is 0 Å². The second kappa shape index (κ2) is 7.69. The van der Waals surface area contributed by atoms with Crippen LogP contribution in [0.2, 0.25) is 0 Å². The van der Waals surface area contributed by atoms with Crippen molar-refractivity contribution in [1.82, 2.24) is 14.2 Å². The minimum Gasteiger partial charge on any atom is -0.322 e. The van der Waals surface area contributed by atoms with Crippen LogP contribution in [0.25, 0.3) is 16.7 Å². The van der Waals surface area contributed by atoms with Gasteiger partial charge in [0.15, 0.2) is 6.29 Å². The number of carbonyl (C=O) groups is 2. The molecule has 2 aromatic heterocycles. The van der Waals surface area contributed by atoms with Crippen LogP contribution in [-0.2, 0) is 6.18 Å². The van der Waals surface area contributed by atoms with Gasteiger partial charge >= 0.3 is 17.3 Å². The van der Waals surface area contributed by atoms with Crippen LogP contribution < -0.4 is 16.5 Å². The van der Waals surface area contributed by atoms with Crippen LogP contribution in [0.3, 0.4) is 0 Å². The second-order valence-corrected chi connectivity index (χ2v) is 6.76. The third-order valence-electron chi connectivity index (χ3n) is 4.69. The number of nitrogens with one attached hydrogen (secondary N) is 2. The monoisotopic (exact) mass is 442 g/mol. The fraction of sp³-hybridized carbons (Fsp3) is 0.0476. The Bertz CT molecular complexity index is 1470. The normalized spacial score (nSPS) is 11.5. The summed E-state index contributed by atoms with van der Waals surface area (Å²) in [5.41, 5.74) is -1.86. The van der Waals surface area contributed by atoms with Gasteiger partial charge in [-0.2, -0.15) is 13.2 Å². The molecule has 0 aliphatic carbocycles. The highest BCUT2D eigenvalue weighted by molar-refractivity contribution is 6.00. The molecule has 0 unspecified atom stereocenters. The topological polar surface area (TPSA) is 106 Å². The number of alkyl halides is 3. The Morgan fingerprint density at radius 1 is 1.06 bits per heavy atom. The number of rotatable bonds is 4. The molecule has 2 heterocycles. The number of halogens is 3. The van der Waals surface area contributed by atoms with Crippen molar-refractivity contribution in [3.8, 4) is 5.69 Å². The molecule has 2 aromatic carbocycles. The number of fused-ring (bicyclic) bond motifs is 1. The minimum atomic E-state index is -4.82. The lowest BCUT2D eigenvalue weighted by molar-refractivity contribution is -0.137. The Morgan fingerprint density at radius 3 is 2.41 bits per heavy atom. The molecule has 162 valence electrons. The van der Waals surface area contributed by atoms with E-state index in [2.05, 4.69) is 10.4 Å². The van der Waals surface area contributed by atoms with E-state index < -0.39 is 34.5 Å². The fourth-order valence-corrected chi connectivity index (χ4v) is 3.19. The zero-order valence-corrected chi connectivity index (χ0v) is 16.0. The van der Waals surface area contributed by atoms with Gasteiger partial charge in [-0.1, -0.05) is 18.2 Å². The quantitative estimate of drug-likeness (QED) is 0.374. The van der Waals surface area contributed by atoms with Crippen LogP contribution in [0.15, 0.2) is 70.5 Å². The zero-order valence-electron chi connectivity index (χ0n) is 16.0. The van der Waals surface area contributed by atoms with Gasteiger partial charge in [-0.25, -0.2) is 4.68 Å². The Morgan fingerprint density at radius 2 is 1.78 bits per heavy atom. The van der Waals surface area contributed by atoms with Crippen LogP contribution >= 0.6 is 0 Å². The van der Waals surface area contributed by atoms with Gasteiger partial charge in [-0.15, -0.1) is 0 Å². The molecule has 4 rings (SSSR count). The van der Waals surface area contributed by atoms with Gasteiger partial charge in [-0.3, -0.25) is 24.6 Å². The first-order valence-corrected chi connectivity index (χ1v) is 9.09. The standard InChI is InChI=1S/C21H13F3N4O4/c22-21(23,24)14-8-15-17(9-16(14)27-7-6-12(10-27)11-29)28(20(32)19(31)25-15)26-18(30)13-4-2-1-3-5-13/h1-11H,(H,25,31)(H,26,30). The average Bonchev–Trinajstić information content (AvgIpc) is 3.25. The van der Waals surface area contributed by atoms with Crippen molar-refractivity contribution in [2.24, 2.45) is 0 Å². The lowest BCUT2D eigenvalue weighted by Crippen LogP contribution is -2.42. The molecule has 11 heteroatoms. The number of amides is 1. The molecule has 0 saturated heterocycles. The van der Waals surface area contributed by atoms with E-state index in [9.17, 15) is 32.3 Å². The van der Waals surface area contributed by atoms with Gasteiger partial charge in [0.05, 0.1) is 22.3 Å². The summed E-state index contributed by atoms with van der Waals surface area (Å²) in [6.07, 6.45) is -1.92. The molecule has 2 N–H and O–H groups in total. The first-order valence-electron chi connectivity index (χ1n) is 9.09. The number of hydrogen-bond donors (Lipinski definition) is 2. The van der Waals surface area contributed by atoms with Gasteiger partial charge in [0, 0.05) is 23.5 Å². The van der Waals surface area contributed by atoms with Crippen LogP contribution in [0.1, 0.15) is 26.3 Å². The largest absolute Gasteiger partial charge is 0.418 e. The maximum atomic E-state index is 13.7. The highest BCUT2D eigenvalue weighted by Crippen LogP contribution is 2.36. The highest BCUT2D eigenvalue weighted by atomic mass is 19.4. The zero-order chi connectivity index (χ0) is 23.0. The predicted octanol–water partition coefficient (Wildman–Crippen LogP) is 2.70. The molecule has 0 fully saturated rings. The molecule has 8 nitrogen and oxygen atoms in total. The molecule has 1 amide bonds. The Kier molecular flexibility index (Phi) is 5.01. The molecule has 4 aromatic rings. The van der Waals surface area contributed by atoms with Gasteiger partial charge in [0.1, 0.15) is 0 Å². The lowest BCUT2D eigenvalue weighted by atomic mass is 10.1. The number of aromatic nitrogens is 3. The first-order chi connectivity index (χ1) is 15.2. The summed E-state index contributed by atoms with van der Waals surface area (Å²) in [5, 5.41) is 0. The molecular formula is C21H13F3N4O4. The second-order valence-electron chi connectivity index (χ2n) is 6.76. The van der Waals surface area contributed by atoms with Gasteiger partial charge in [-0.05, 0) is 30.3 Å². The van der Waals surface area contributed by atoms with Crippen molar-refractivity contribution in [1.29, 1.82) is 0 Å². The van der Waals surface area contributed by atoms with E-state index in [1.165, 1.54) is 30.6 Å². The number of H-pyrrole nitrogens is 1. The Labute approximate surface area is 176 Å². The number of carbonyl (C=O) groups excluding carboxylic acids is 2. The molecule has 0 aliphatic rings. The summed E-state index contributed by atoms with van der Waals surface area (Å²) in [4.78, 5) is 50.1. The predicted molar refractivity (Wildman–Crippen MR) is 109 cm³/mol. The molecular weight excluding hydrogens is 429 g/mol. The first kappa shape index (κ1) is 20.8. The lowest BCUT2D eigenvalue weighted by Gasteiger charge is -2.17. The van der Waals surface area contributed by atoms with Crippen molar-refractivity contribution >= 4 is 23.2 Å². The van der Waals surface area contributed by atoms with Crippen LogP contribution in [0, 0.1) is 0 Å². The number of nitrogens with zero attached hydrogens (tertiary/aromatic N) is 2. The number of aromatic amines is 1. The van der Waals surface area contributed by atoms with Crippen molar-refractivity contribution in [3.05, 3.63) is 98.3 Å². The molecule has 0 atom stereocenters. The Hall–Kier alpha value is -4.41. The number of hydrogen-bond acceptors (Lipinski definition) is 4. The van der Waals surface area contributed by atoms with E-state index in [4.69, 9.17) is 0 Å². The van der Waals surface area contributed by atoms with E-state index in [0.29, 0.717) is 17.0 Å². The van der Waals surface area contributed by atoms with E-state index in [1.54, 1.807) is 18.2 Å². The van der Waals surface area contributed by atoms with E-state index in [0.717, 1.165) is 10.6 Å². The molecule has 0 saturated carbocycles. The smallest absolute Gasteiger partial charge is 0.322 e. The summed E-state index contributed by atoms with van der Waals surface area (Å²) in [5.74, 6) is -0.745. The SMILES string of the molecule is O=Cc1ccn(-c2cc3c(cc2C(F)(F)F)[nH]c(=O)c(=O)n3NC(=O)c2ccccc2)c1. The maximum Gasteiger partial charge on any atom is 0.418 e. The Balaban J connectivity index is 1.98. The maximum absolute atomic E-state index is 13.7. The van der Waals surface area contributed by atoms with E-state index in [-0.39, 0.29) is 22.2 Å². The minimum absolute atomic E-state index is 0.134. The van der Waals surface area contributed by atoms with Gasteiger partial charge < -0.3 is 9.55 Å². The van der Waals surface area contributed by atoms with Crippen molar-refractivity contribution in [3.63, 3.8) is 0 Å². The van der Waals surface area contributed by atoms with Crippen LogP contribution in [-0.4, -0.2) is 26.4 Å². The molecule has 0 aliphatic heterocycles. The van der Waals surface area contributed by atoms with Crippen molar-refractivity contribution in [2.45, 2.75) is 6.18 Å². The third-order valence-corrected chi connectivity index (χ3v) is 4.69. The van der Waals surface area contributed by atoms with Crippen LogP contribution in [0.5, 0.6) is 0 Å². The van der Waals surface area contributed by atoms with Crippen molar-refractivity contribution in [2.75, 3.05) is 5.43 Å². The summed E-state index contributed by atoms with van der Waals surface area (Å²) < 4.78 is 42.9. The summed E-state index contributed by atoms with van der Waals surface area (Å²) in [7, 11) is 0. The molecule has 32 heavy (non-hydrogen) atoms. The number of aldehydes is 1. The van der Waals surface area contributed by atoms with Crippen molar-refractivity contribution < 1.29 is 22.8 Å². The molecule has 0 bridgehead atoms. The van der Waals surface area contributed by atoms with E-state index >= 15 is 0 Å². The number of benzene rings is 2. The average molecular weight is 442 g/mol. The summed E-state index contributed by atoms with van der Waals surface area (Å²) >= 11 is 0. The molecule has 0 radical (unpaired) electrons. The third kappa shape index (κ3) is 3.71. The summed E-state index contributed by atoms with van der Waals surface area (Å²) in [6.45, 7) is 0. The van der Waals surface area contributed by atoms with Gasteiger partial charge in [0.25, 0.3) is 5.91 Å². The van der Waals surface area contributed by atoms with E-state index in [1.807, 2.05) is 0 Å². The molecule has 0 spiro atoms.